The number of carbonyl (C=O) groups excluding carboxylic acids is 2. The summed E-state index contributed by atoms with van der Waals surface area (Å²) in [7, 11) is 4.70. The Morgan fingerprint density at radius 3 is 2.44 bits per heavy atom. The second-order valence-electron chi connectivity index (χ2n) is 7.87. The van der Waals surface area contributed by atoms with Gasteiger partial charge in [-0.25, -0.2) is 0 Å². The molecule has 0 fully saturated rings. The molecule has 3 aromatic rings. The van der Waals surface area contributed by atoms with E-state index in [0.717, 1.165) is 5.56 Å². The lowest BCUT2D eigenvalue weighted by Gasteiger charge is -2.27. The van der Waals surface area contributed by atoms with Crippen molar-refractivity contribution < 1.29 is 33.3 Å². The molecular weight excluding hydrogens is 436 g/mol. The number of para-hydroxylation sites is 1. The molecule has 0 radical (unpaired) electrons. The van der Waals surface area contributed by atoms with E-state index >= 15 is 0 Å². The number of methoxy groups -OCH3 is 3. The summed E-state index contributed by atoms with van der Waals surface area (Å²) in [5.41, 5.74) is 2.55. The third-order valence-electron chi connectivity index (χ3n) is 6.02. The van der Waals surface area contributed by atoms with Gasteiger partial charge in [0.1, 0.15) is 28.7 Å². The van der Waals surface area contributed by atoms with Crippen molar-refractivity contribution >= 4 is 17.8 Å². The van der Waals surface area contributed by atoms with E-state index in [1.807, 2.05) is 24.3 Å². The van der Waals surface area contributed by atoms with Crippen LogP contribution in [0.2, 0.25) is 0 Å². The monoisotopic (exact) mass is 458 g/mol. The van der Waals surface area contributed by atoms with Crippen molar-refractivity contribution in [1.82, 2.24) is 0 Å². The molecule has 7 heteroatoms. The van der Waals surface area contributed by atoms with Crippen LogP contribution in [0, 0.1) is 0 Å². The van der Waals surface area contributed by atoms with Crippen molar-refractivity contribution in [3.8, 4) is 28.7 Å². The predicted molar refractivity (Wildman–Crippen MR) is 124 cm³/mol. The van der Waals surface area contributed by atoms with Crippen molar-refractivity contribution in [1.29, 1.82) is 0 Å². The third kappa shape index (κ3) is 3.55. The standard InChI is InChI=1S/C27H22O7/c1-30-16-9-8-15(22(13-16)32-3)12-23-26(29)18-10-11-21-25(27(18)34-23)19(14-24(28)33-21)17-6-4-5-7-20(17)31-2/h4-13,19H,14H2,1-3H3/b23-12-. The number of allylic oxidation sites excluding steroid dienone is 1. The molecular formula is C27H22O7. The minimum absolute atomic E-state index is 0.104. The van der Waals surface area contributed by atoms with Crippen LogP contribution in [-0.4, -0.2) is 33.1 Å². The van der Waals surface area contributed by atoms with Crippen molar-refractivity contribution in [2.45, 2.75) is 12.3 Å². The summed E-state index contributed by atoms with van der Waals surface area (Å²) in [4.78, 5) is 25.6. The number of rotatable bonds is 5. The SMILES string of the molecule is COc1ccc(/C=C2\Oc3c(ccc4c3C(c3ccccc3OC)CC(=O)O4)C2=O)c(OC)c1. The molecule has 0 aliphatic carbocycles. The number of ether oxygens (including phenoxy) is 5. The molecule has 1 atom stereocenters. The van der Waals surface area contributed by atoms with Gasteiger partial charge in [-0.05, 0) is 36.4 Å². The largest absolute Gasteiger partial charge is 0.497 e. The smallest absolute Gasteiger partial charge is 0.312 e. The van der Waals surface area contributed by atoms with Crippen LogP contribution in [0.25, 0.3) is 6.08 Å². The molecule has 0 N–H and O–H groups in total. The number of benzene rings is 3. The van der Waals surface area contributed by atoms with Gasteiger partial charge in [-0.3, -0.25) is 9.59 Å². The Kier molecular flexibility index (Phi) is 5.45. The Hall–Kier alpha value is -4.26. The zero-order chi connectivity index (χ0) is 23.8. The van der Waals surface area contributed by atoms with Gasteiger partial charge in [-0.1, -0.05) is 18.2 Å². The molecule has 5 rings (SSSR count). The van der Waals surface area contributed by atoms with Gasteiger partial charge in [0, 0.05) is 28.7 Å². The fourth-order valence-electron chi connectivity index (χ4n) is 4.40. The summed E-state index contributed by atoms with van der Waals surface area (Å²) < 4.78 is 27.9. The van der Waals surface area contributed by atoms with E-state index in [0.29, 0.717) is 45.4 Å². The van der Waals surface area contributed by atoms with Crippen LogP contribution in [0.1, 0.15) is 39.4 Å². The first-order valence-corrected chi connectivity index (χ1v) is 10.7. The highest BCUT2D eigenvalue weighted by Gasteiger charge is 2.39. The number of carbonyl (C=O) groups is 2. The van der Waals surface area contributed by atoms with Crippen LogP contribution in [0.5, 0.6) is 28.7 Å². The second kappa shape index (κ2) is 8.59. The van der Waals surface area contributed by atoms with Gasteiger partial charge in [0.2, 0.25) is 5.78 Å². The highest BCUT2D eigenvalue weighted by molar-refractivity contribution is 6.15. The first kappa shape index (κ1) is 21.6. The van der Waals surface area contributed by atoms with Crippen molar-refractivity contribution in [3.63, 3.8) is 0 Å². The van der Waals surface area contributed by atoms with Crippen LogP contribution in [-0.2, 0) is 4.79 Å². The maximum absolute atomic E-state index is 13.2. The molecule has 0 spiro atoms. The lowest BCUT2D eigenvalue weighted by atomic mass is 9.84. The molecule has 0 aromatic heterocycles. The number of Topliss-reactive ketones (excluding diaryl/α,β-unsaturated/α-hetero) is 1. The lowest BCUT2D eigenvalue weighted by Crippen LogP contribution is -2.22. The molecule has 3 aromatic carbocycles. The Bertz CT molecular complexity index is 1340. The number of hydrogen-bond donors (Lipinski definition) is 0. The Labute approximate surface area is 196 Å². The molecule has 0 bridgehead atoms. The van der Waals surface area contributed by atoms with Crippen molar-refractivity contribution in [3.05, 3.63) is 82.6 Å². The highest BCUT2D eigenvalue weighted by Crippen LogP contribution is 2.50. The number of ketones is 1. The van der Waals surface area contributed by atoms with Crippen molar-refractivity contribution in [2.75, 3.05) is 21.3 Å². The summed E-state index contributed by atoms with van der Waals surface area (Å²) in [5.74, 6) is 1.75. The fourth-order valence-corrected chi connectivity index (χ4v) is 4.40. The Morgan fingerprint density at radius 1 is 0.882 bits per heavy atom. The zero-order valence-electron chi connectivity index (χ0n) is 18.9. The van der Waals surface area contributed by atoms with Crippen LogP contribution in [0.15, 0.2) is 60.4 Å². The molecule has 1 unspecified atom stereocenters. The minimum atomic E-state index is -0.384. The van der Waals surface area contributed by atoms with E-state index < -0.39 is 0 Å². The average molecular weight is 458 g/mol. The quantitative estimate of drug-likeness (QED) is 0.310. The van der Waals surface area contributed by atoms with Gasteiger partial charge in [0.05, 0.1) is 33.3 Å². The molecule has 0 saturated carbocycles. The van der Waals surface area contributed by atoms with E-state index in [9.17, 15) is 9.59 Å². The van der Waals surface area contributed by atoms with E-state index in [1.165, 1.54) is 0 Å². The number of esters is 1. The molecule has 0 amide bonds. The van der Waals surface area contributed by atoms with E-state index in [1.54, 1.807) is 57.7 Å². The minimum Gasteiger partial charge on any atom is -0.497 e. The molecule has 0 saturated heterocycles. The van der Waals surface area contributed by atoms with Crippen LogP contribution in [0.3, 0.4) is 0 Å². The van der Waals surface area contributed by atoms with Gasteiger partial charge in [0.15, 0.2) is 5.76 Å². The van der Waals surface area contributed by atoms with E-state index in [4.69, 9.17) is 23.7 Å². The van der Waals surface area contributed by atoms with Gasteiger partial charge in [-0.15, -0.1) is 0 Å². The fraction of sp³-hybridized carbons (Fsp3) is 0.185. The van der Waals surface area contributed by atoms with Gasteiger partial charge >= 0.3 is 5.97 Å². The molecule has 2 aliphatic heterocycles. The van der Waals surface area contributed by atoms with Crippen LogP contribution < -0.4 is 23.7 Å². The van der Waals surface area contributed by atoms with Crippen LogP contribution in [0.4, 0.5) is 0 Å². The van der Waals surface area contributed by atoms with E-state index in [-0.39, 0.29) is 29.9 Å². The number of hydrogen-bond acceptors (Lipinski definition) is 7. The van der Waals surface area contributed by atoms with E-state index in [2.05, 4.69) is 0 Å². The van der Waals surface area contributed by atoms with Gasteiger partial charge in [-0.2, -0.15) is 0 Å². The predicted octanol–water partition coefficient (Wildman–Crippen LogP) is 4.77. The Balaban J connectivity index is 1.61. The maximum atomic E-state index is 13.2. The second-order valence-corrected chi connectivity index (χ2v) is 7.87. The summed E-state index contributed by atoms with van der Waals surface area (Å²) in [5, 5.41) is 0. The highest BCUT2D eigenvalue weighted by atomic mass is 16.5. The van der Waals surface area contributed by atoms with Gasteiger partial charge < -0.3 is 23.7 Å². The van der Waals surface area contributed by atoms with Crippen molar-refractivity contribution in [2.24, 2.45) is 0 Å². The molecule has 2 aliphatic rings. The maximum Gasteiger partial charge on any atom is 0.312 e. The summed E-state index contributed by atoms with van der Waals surface area (Å²) in [6.07, 6.45) is 1.74. The lowest BCUT2D eigenvalue weighted by molar-refractivity contribution is -0.135. The third-order valence-corrected chi connectivity index (χ3v) is 6.02. The molecule has 7 nitrogen and oxygen atoms in total. The zero-order valence-corrected chi connectivity index (χ0v) is 18.9. The topological polar surface area (TPSA) is 80.3 Å². The molecule has 172 valence electrons. The molecule has 34 heavy (non-hydrogen) atoms. The van der Waals surface area contributed by atoms with Crippen LogP contribution >= 0.6 is 0 Å². The average Bonchev–Trinajstić information content (AvgIpc) is 3.18. The summed E-state index contributed by atoms with van der Waals surface area (Å²) in [6, 6.07) is 16.1. The normalized spacial score (nSPS) is 17.5. The first-order valence-electron chi connectivity index (χ1n) is 10.7. The Morgan fingerprint density at radius 2 is 1.68 bits per heavy atom. The first-order chi connectivity index (χ1) is 16.5. The summed E-state index contributed by atoms with van der Waals surface area (Å²) >= 11 is 0. The summed E-state index contributed by atoms with van der Waals surface area (Å²) in [6.45, 7) is 0. The molecule has 2 heterocycles. The van der Waals surface area contributed by atoms with Gasteiger partial charge in [0.25, 0.3) is 0 Å². The number of fused-ring (bicyclic) bond motifs is 3.